The molecule has 0 atom stereocenters. The number of para-hydroxylation sites is 1. The molecular formula is C16H14ClFO2. The average Bonchev–Trinajstić information content (AvgIpc) is 2.41. The fourth-order valence-electron chi connectivity index (χ4n) is 1.80. The van der Waals surface area contributed by atoms with Gasteiger partial charge in [-0.25, -0.2) is 4.39 Å². The molecule has 0 aliphatic carbocycles. The second kappa shape index (κ2) is 6.06. The number of halogens is 2. The molecule has 0 heterocycles. The van der Waals surface area contributed by atoms with E-state index in [0.29, 0.717) is 11.3 Å². The largest absolute Gasteiger partial charge is 0.490 e. The van der Waals surface area contributed by atoms with Crippen LogP contribution in [0.25, 0.3) is 0 Å². The molecule has 0 saturated heterocycles. The first-order valence-electron chi connectivity index (χ1n) is 6.24. The number of benzene rings is 2. The van der Waals surface area contributed by atoms with Gasteiger partial charge in [0.15, 0.2) is 5.78 Å². The lowest BCUT2D eigenvalue weighted by atomic mass is 10.0. The lowest BCUT2D eigenvalue weighted by Gasteiger charge is -2.13. The van der Waals surface area contributed by atoms with Gasteiger partial charge in [0, 0.05) is 5.56 Å². The summed E-state index contributed by atoms with van der Waals surface area (Å²) >= 11 is 5.62. The third-order valence-electron chi connectivity index (χ3n) is 2.68. The summed E-state index contributed by atoms with van der Waals surface area (Å²) in [6.07, 6.45) is -0.0501. The van der Waals surface area contributed by atoms with Crippen molar-refractivity contribution in [3.63, 3.8) is 0 Å². The molecule has 0 bridgehead atoms. The van der Waals surface area contributed by atoms with Gasteiger partial charge in [-0.1, -0.05) is 23.7 Å². The molecule has 0 fully saturated rings. The van der Waals surface area contributed by atoms with Crippen molar-refractivity contribution in [1.82, 2.24) is 0 Å². The van der Waals surface area contributed by atoms with Crippen LogP contribution in [0, 0.1) is 5.82 Å². The molecule has 0 N–H and O–H groups in total. The SMILES string of the molecule is CC(C)Oc1ccccc1C(=O)c1ccc(Cl)c(F)c1. The molecule has 4 heteroatoms. The molecule has 2 aromatic carbocycles. The first-order valence-corrected chi connectivity index (χ1v) is 6.62. The molecule has 104 valence electrons. The van der Waals surface area contributed by atoms with E-state index in [4.69, 9.17) is 16.3 Å². The maximum atomic E-state index is 13.5. The first-order chi connectivity index (χ1) is 9.49. The van der Waals surface area contributed by atoms with Crippen LogP contribution in [-0.4, -0.2) is 11.9 Å². The van der Waals surface area contributed by atoms with Gasteiger partial charge in [0.05, 0.1) is 16.7 Å². The van der Waals surface area contributed by atoms with Crippen LogP contribution in [0.4, 0.5) is 4.39 Å². The van der Waals surface area contributed by atoms with Gasteiger partial charge in [0.2, 0.25) is 0 Å². The van der Waals surface area contributed by atoms with E-state index in [1.54, 1.807) is 24.3 Å². The van der Waals surface area contributed by atoms with Crippen LogP contribution in [0.5, 0.6) is 5.75 Å². The molecule has 0 radical (unpaired) electrons. The summed E-state index contributed by atoms with van der Waals surface area (Å²) in [5, 5.41) is -0.00624. The lowest BCUT2D eigenvalue weighted by Crippen LogP contribution is -2.10. The van der Waals surface area contributed by atoms with Crippen molar-refractivity contribution in [2.75, 3.05) is 0 Å². The molecule has 0 aliphatic heterocycles. The number of carbonyl (C=O) groups is 1. The highest BCUT2D eigenvalue weighted by molar-refractivity contribution is 6.30. The van der Waals surface area contributed by atoms with Gasteiger partial charge in [0.1, 0.15) is 11.6 Å². The molecule has 0 spiro atoms. The summed E-state index contributed by atoms with van der Waals surface area (Å²) in [6.45, 7) is 3.76. The summed E-state index contributed by atoms with van der Waals surface area (Å²) in [5.41, 5.74) is 0.648. The number of rotatable bonds is 4. The molecule has 0 aliphatic rings. The van der Waals surface area contributed by atoms with Crippen LogP contribution < -0.4 is 4.74 Å². The maximum Gasteiger partial charge on any atom is 0.196 e. The predicted molar refractivity (Wildman–Crippen MR) is 77.0 cm³/mol. The van der Waals surface area contributed by atoms with E-state index in [1.807, 2.05) is 13.8 Å². The van der Waals surface area contributed by atoms with E-state index in [9.17, 15) is 9.18 Å². The summed E-state index contributed by atoms with van der Waals surface area (Å²) in [4.78, 5) is 12.4. The predicted octanol–water partition coefficient (Wildman–Crippen LogP) is 4.50. The summed E-state index contributed by atoms with van der Waals surface area (Å²) in [5.74, 6) is -0.417. The van der Waals surface area contributed by atoms with Crippen molar-refractivity contribution in [2.45, 2.75) is 20.0 Å². The Bertz CT molecular complexity index is 638. The van der Waals surface area contributed by atoms with Gasteiger partial charge in [-0.2, -0.15) is 0 Å². The van der Waals surface area contributed by atoms with Crippen LogP contribution >= 0.6 is 11.6 Å². The molecule has 0 aromatic heterocycles. The van der Waals surface area contributed by atoms with Crippen molar-refractivity contribution in [3.05, 3.63) is 64.4 Å². The highest BCUT2D eigenvalue weighted by Gasteiger charge is 2.16. The fourth-order valence-corrected chi connectivity index (χ4v) is 1.92. The minimum absolute atomic E-state index is 0.00624. The second-order valence-corrected chi connectivity index (χ2v) is 5.03. The minimum atomic E-state index is -0.611. The zero-order valence-electron chi connectivity index (χ0n) is 11.2. The van der Waals surface area contributed by atoms with Gasteiger partial charge >= 0.3 is 0 Å². The quantitative estimate of drug-likeness (QED) is 0.776. The summed E-state index contributed by atoms with van der Waals surface area (Å²) in [6, 6.07) is 10.9. The molecule has 2 aromatic rings. The van der Waals surface area contributed by atoms with Crippen LogP contribution in [0.2, 0.25) is 5.02 Å². The fraction of sp³-hybridized carbons (Fsp3) is 0.188. The van der Waals surface area contributed by atoms with E-state index >= 15 is 0 Å². The van der Waals surface area contributed by atoms with Gasteiger partial charge in [-0.15, -0.1) is 0 Å². The van der Waals surface area contributed by atoms with Crippen LogP contribution in [0.3, 0.4) is 0 Å². The maximum absolute atomic E-state index is 13.5. The smallest absolute Gasteiger partial charge is 0.196 e. The second-order valence-electron chi connectivity index (χ2n) is 4.62. The molecule has 2 nitrogen and oxygen atoms in total. The monoisotopic (exact) mass is 292 g/mol. The number of hydrogen-bond acceptors (Lipinski definition) is 2. The van der Waals surface area contributed by atoms with E-state index < -0.39 is 5.82 Å². The third kappa shape index (κ3) is 3.17. The number of ether oxygens (including phenoxy) is 1. The van der Waals surface area contributed by atoms with E-state index in [1.165, 1.54) is 12.1 Å². The molecule has 0 saturated carbocycles. The number of hydrogen-bond donors (Lipinski definition) is 0. The van der Waals surface area contributed by atoms with Crippen LogP contribution in [-0.2, 0) is 0 Å². The van der Waals surface area contributed by atoms with Gasteiger partial charge < -0.3 is 4.74 Å². The Morgan fingerprint density at radius 3 is 2.55 bits per heavy atom. The van der Waals surface area contributed by atoms with Gasteiger partial charge in [-0.3, -0.25) is 4.79 Å². The standard InChI is InChI=1S/C16H14ClFO2/c1-10(2)20-15-6-4-3-5-12(15)16(19)11-7-8-13(17)14(18)9-11/h3-10H,1-2H3. The van der Waals surface area contributed by atoms with Crippen molar-refractivity contribution in [2.24, 2.45) is 0 Å². The highest BCUT2D eigenvalue weighted by Crippen LogP contribution is 2.24. The van der Waals surface area contributed by atoms with E-state index in [0.717, 1.165) is 6.07 Å². The Morgan fingerprint density at radius 1 is 1.20 bits per heavy atom. The van der Waals surface area contributed by atoms with E-state index in [2.05, 4.69) is 0 Å². The number of ketones is 1. The zero-order chi connectivity index (χ0) is 14.7. The molecule has 20 heavy (non-hydrogen) atoms. The topological polar surface area (TPSA) is 26.3 Å². The van der Waals surface area contributed by atoms with Crippen molar-refractivity contribution in [1.29, 1.82) is 0 Å². The van der Waals surface area contributed by atoms with Crippen molar-refractivity contribution < 1.29 is 13.9 Å². The van der Waals surface area contributed by atoms with Crippen LogP contribution in [0.15, 0.2) is 42.5 Å². The Labute approximate surface area is 122 Å². The van der Waals surface area contributed by atoms with Gasteiger partial charge in [-0.05, 0) is 44.2 Å². The molecule has 0 amide bonds. The molecule has 0 unspecified atom stereocenters. The summed E-state index contributed by atoms with van der Waals surface area (Å²) in [7, 11) is 0. The normalized spacial score (nSPS) is 10.7. The Hall–Kier alpha value is -1.87. The first kappa shape index (κ1) is 14.5. The van der Waals surface area contributed by atoms with Gasteiger partial charge in [0.25, 0.3) is 0 Å². The minimum Gasteiger partial charge on any atom is -0.490 e. The van der Waals surface area contributed by atoms with Crippen molar-refractivity contribution in [3.8, 4) is 5.75 Å². The zero-order valence-corrected chi connectivity index (χ0v) is 11.9. The Balaban J connectivity index is 2.40. The van der Waals surface area contributed by atoms with Crippen molar-refractivity contribution >= 4 is 17.4 Å². The highest BCUT2D eigenvalue weighted by atomic mass is 35.5. The van der Waals surface area contributed by atoms with Crippen LogP contribution in [0.1, 0.15) is 29.8 Å². The average molecular weight is 293 g/mol. The van der Waals surface area contributed by atoms with E-state index in [-0.39, 0.29) is 22.5 Å². The Kier molecular flexibility index (Phi) is 4.40. The molecular weight excluding hydrogens is 279 g/mol. The number of carbonyl (C=O) groups excluding carboxylic acids is 1. The summed E-state index contributed by atoms with van der Waals surface area (Å²) < 4.78 is 19.1. The third-order valence-corrected chi connectivity index (χ3v) is 2.98. The Morgan fingerprint density at radius 2 is 1.90 bits per heavy atom. The lowest BCUT2D eigenvalue weighted by molar-refractivity contribution is 0.103. The molecule has 2 rings (SSSR count).